The van der Waals surface area contributed by atoms with E-state index in [0.29, 0.717) is 0 Å². The Bertz CT molecular complexity index is 398. The van der Waals surface area contributed by atoms with Crippen LogP contribution < -0.4 is 5.32 Å². The molecular formula is C10H11N3S. The Morgan fingerprint density at radius 1 is 1.43 bits per heavy atom. The summed E-state index contributed by atoms with van der Waals surface area (Å²) in [6, 6.07) is 8.41. The highest BCUT2D eigenvalue weighted by Gasteiger charge is 1.95. The maximum absolute atomic E-state index is 3.91. The first-order valence-electron chi connectivity index (χ1n) is 4.41. The van der Waals surface area contributed by atoms with Crippen LogP contribution in [0, 0.1) is 6.92 Å². The number of benzene rings is 1. The average Bonchev–Trinajstić information content (AvgIpc) is 2.67. The van der Waals surface area contributed by atoms with E-state index in [-0.39, 0.29) is 0 Å². The molecule has 1 aromatic carbocycles. The largest absolute Gasteiger partial charge is 0.364 e. The number of rotatable bonds is 3. The van der Waals surface area contributed by atoms with E-state index in [0.717, 1.165) is 12.4 Å². The van der Waals surface area contributed by atoms with Gasteiger partial charge in [-0.3, -0.25) is 0 Å². The highest BCUT2D eigenvalue weighted by molar-refractivity contribution is 7.03. The summed E-state index contributed by atoms with van der Waals surface area (Å²) < 4.78 is 3.78. The Balaban J connectivity index is 1.98. The molecule has 0 aliphatic rings. The van der Waals surface area contributed by atoms with Crippen LogP contribution in [0.2, 0.25) is 0 Å². The minimum atomic E-state index is 0.799. The van der Waals surface area contributed by atoms with E-state index in [9.17, 15) is 0 Å². The number of aryl methyl sites for hydroxylation is 1. The number of hydrogen-bond donors (Lipinski definition) is 1. The number of nitrogens with zero attached hydrogens (tertiary/aromatic N) is 2. The van der Waals surface area contributed by atoms with Gasteiger partial charge < -0.3 is 5.32 Å². The fraction of sp³-hybridized carbons (Fsp3) is 0.200. The normalized spacial score (nSPS) is 10.1. The summed E-state index contributed by atoms with van der Waals surface area (Å²) in [6.45, 7) is 2.89. The van der Waals surface area contributed by atoms with E-state index in [1.807, 2.05) is 5.38 Å². The summed E-state index contributed by atoms with van der Waals surface area (Å²) in [4.78, 5) is 0. The van der Waals surface area contributed by atoms with Crippen LogP contribution in [-0.2, 0) is 6.54 Å². The lowest BCUT2D eigenvalue weighted by atomic mass is 10.1. The monoisotopic (exact) mass is 205 g/mol. The zero-order valence-electron chi connectivity index (χ0n) is 7.90. The molecule has 0 spiro atoms. The van der Waals surface area contributed by atoms with Crippen LogP contribution in [0.25, 0.3) is 0 Å². The number of hydrogen-bond acceptors (Lipinski definition) is 4. The van der Waals surface area contributed by atoms with E-state index in [2.05, 4.69) is 46.1 Å². The van der Waals surface area contributed by atoms with E-state index in [1.54, 1.807) is 0 Å². The Kier molecular flexibility index (Phi) is 2.74. The standard InChI is InChI=1S/C10H11N3S/c1-8-3-2-4-9(5-8)6-11-10-7-14-13-12-10/h2-5,7,11H,6H2,1H3. The maximum atomic E-state index is 3.91. The second-order valence-electron chi connectivity index (χ2n) is 3.13. The predicted molar refractivity (Wildman–Crippen MR) is 58.4 cm³/mol. The molecule has 0 aliphatic heterocycles. The lowest BCUT2D eigenvalue weighted by Crippen LogP contribution is -1.99. The minimum Gasteiger partial charge on any atom is -0.364 e. The molecule has 0 fully saturated rings. The van der Waals surface area contributed by atoms with Crippen LogP contribution in [0.4, 0.5) is 5.82 Å². The molecule has 0 saturated carbocycles. The average molecular weight is 205 g/mol. The van der Waals surface area contributed by atoms with Gasteiger partial charge in [-0.05, 0) is 24.0 Å². The quantitative estimate of drug-likeness (QED) is 0.836. The fourth-order valence-corrected chi connectivity index (χ4v) is 1.67. The van der Waals surface area contributed by atoms with Gasteiger partial charge in [0.1, 0.15) is 0 Å². The van der Waals surface area contributed by atoms with Gasteiger partial charge in [-0.15, -0.1) is 5.10 Å². The first kappa shape index (κ1) is 9.15. The van der Waals surface area contributed by atoms with Crippen molar-refractivity contribution in [1.29, 1.82) is 0 Å². The number of nitrogens with one attached hydrogen (secondary N) is 1. The molecule has 0 aliphatic carbocycles. The van der Waals surface area contributed by atoms with Gasteiger partial charge in [-0.25, -0.2) is 0 Å². The summed E-state index contributed by atoms with van der Waals surface area (Å²) >= 11 is 1.35. The molecule has 1 heterocycles. The molecule has 0 radical (unpaired) electrons. The van der Waals surface area contributed by atoms with Crippen LogP contribution in [0.1, 0.15) is 11.1 Å². The molecule has 14 heavy (non-hydrogen) atoms. The van der Waals surface area contributed by atoms with Crippen molar-refractivity contribution in [1.82, 2.24) is 9.59 Å². The summed E-state index contributed by atoms with van der Waals surface area (Å²) in [5.74, 6) is 0.844. The first-order chi connectivity index (χ1) is 6.84. The van der Waals surface area contributed by atoms with Crippen molar-refractivity contribution in [2.24, 2.45) is 0 Å². The van der Waals surface area contributed by atoms with E-state index >= 15 is 0 Å². The summed E-state index contributed by atoms with van der Waals surface area (Å²) in [5.41, 5.74) is 2.54. The fourth-order valence-electron chi connectivity index (χ4n) is 1.26. The molecule has 0 saturated heterocycles. The van der Waals surface area contributed by atoms with Crippen molar-refractivity contribution in [2.75, 3.05) is 5.32 Å². The maximum Gasteiger partial charge on any atom is 0.161 e. The van der Waals surface area contributed by atoms with Gasteiger partial charge in [0.25, 0.3) is 0 Å². The number of aromatic nitrogens is 2. The SMILES string of the molecule is Cc1cccc(CNc2csnn2)c1. The molecule has 4 heteroatoms. The van der Waals surface area contributed by atoms with Gasteiger partial charge >= 0.3 is 0 Å². The van der Waals surface area contributed by atoms with Gasteiger partial charge in [0.2, 0.25) is 0 Å². The molecule has 2 aromatic rings. The van der Waals surface area contributed by atoms with Crippen molar-refractivity contribution in [3.05, 3.63) is 40.8 Å². The van der Waals surface area contributed by atoms with Gasteiger partial charge in [0.05, 0.1) is 5.38 Å². The molecule has 0 atom stereocenters. The summed E-state index contributed by atoms with van der Waals surface area (Å²) in [7, 11) is 0. The molecular weight excluding hydrogens is 194 g/mol. The molecule has 0 unspecified atom stereocenters. The van der Waals surface area contributed by atoms with Crippen molar-refractivity contribution in [3.63, 3.8) is 0 Å². The Morgan fingerprint density at radius 2 is 2.36 bits per heavy atom. The molecule has 2 rings (SSSR count). The molecule has 0 amide bonds. The van der Waals surface area contributed by atoms with Crippen LogP contribution in [0.15, 0.2) is 29.6 Å². The predicted octanol–water partition coefficient (Wildman–Crippen LogP) is 2.46. The summed E-state index contributed by atoms with van der Waals surface area (Å²) in [5, 5.41) is 9.01. The zero-order chi connectivity index (χ0) is 9.80. The Hall–Kier alpha value is -1.42. The third-order valence-electron chi connectivity index (χ3n) is 1.92. The van der Waals surface area contributed by atoms with Crippen molar-refractivity contribution < 1.29 is 0 Å². The molecule has 1 N–H and O–H groups in total. The topological polar surface area (TPSA) is 37.8 Å². The number of anilines is 1. The van der Waals surface area contributed by atoms with Crippen molar-refractivity contribution in [3.8, 4) is 0 Å². The zero-order valence-corrected chi connectivity index (χ0v) is 8.71. The van der Waals surface area contributed by atoms with Crippen LogP contribution >= 0.6 is 11.5 Å². The third-order valence-corrected chi connectivity index (χ3v) is 2.42. The van der Waals surface area contributed by atoms with E-state index in [1.165, 1.54) is 22.7 Å². The second kappa shape index (κ2) is 4.19. The van der Waals surface area contributed by atoms with Gasteiger partial charge in [0, 0.05) is 6.54 Å². The van der Waals surface area contributed by atoms with Gasteiger partial charge in [0.15, 0.2) is 5.82 Å². The molecule has 3 nitrogen and oxygen atoms in total. The smallest absolute Gasteiger partial charge is 0.161 e. The van der Waals surface area contributed by atoms with Crippen LogP contribution in [-0.4, -0.2) is 9.59 Å². The van der Waals surface area contributed by atoms with Crippen LogP contribution in [0.3, 0.4) is 0 Å². The van der Waals surface area contributed by atoms with Gasteiger partial charge in [-0.2, -0.15) is 0 Å². The molecule has 1 aromatic heterocycles. The lowest BCUT2D eigenvalue weighted by molar-refractivity contribution is 1.07. The third kappa shape index (κ3) is 2.29. The Labute approximate surface area is 87.0 Å². The lowest BCUT2D eigenvalue weighted by Gasteiger charge is -2.03. The van der Waals surface area contributed by atoms with Crippen molar-refractivity contribution in [2.45, 2.75) is 13.5 Å². The minimum absolute atomic E-state index is 0.799. The summed E-state index contributed by atoms with van der Waals surface area (Å²) in [6.07, 6.45) is 0. The van der Waals surface area contributed by atoms with Crippen molar-refractivity contribution >= 4 is 17.4 Å². The Morgan fingerprint density at radius 3 is 3.07 bits per heavy atom. The second-order valence-corrected chi connectivity index (χ2v) is 3.74. The highest BCUT2D eigenvalue weighted by atomic mass is 32.1. The van der Waals surface area contributed by atoms with Crippen LogP contribution in [0.5, 0.6) is 0 Å². The van der Waals surface area contributed by atoms with E-state index in [4.69, 9.17) is 0 Å². The molecule has 72 valence electrons. The molecule has 0 bridgehead atoms. The van der Waals surface area contributed by atoms with Gasteiger partial charge in [-0.1, -0.05) is 34.3 Å². The highest BCUT2D eigenvalue weighted by Crippen LogP contribution is 2.08. The first-order valence-corrected chi connectivity index (χ1v) is 5.25. The van der Waals surface area contributed by atoms with E-state index < -0.39 is 0 Å².